The average molecular weight is 597 g/mol. The zero-order valence-electron chi connectivity index (χ0n) is 25.0. The maximum absolute atomic E-state index is 12.9. The Kier molecular flexibility index (Phi) is 8.50. The molecule has 2 aliphatic rings. The van der Waals surface area contributed by atoms with E-state index < -0.39 is 5.60 Å². The first kappa shape index (κ1) is 29.9. The Morgan fingerprint density at radius 1 is 1.14 bits per heavy atom. The van der Waals surface area contributed by atoms with E-state index in [1.165, 1.54) is 12.8 Å². The van der Waals surface area contributed by atoms with Crippen LogP contribution in [0.1, 0.15) is 66.0 Å². The van der Waals surface area contributed by atoms with Crippen LogP contribution in [0.15, 0.2) is 29.7 Å². The fourth-order valence-electron chi connectivity index (χ4n) is 5.98. The summed E-state index contributed by atoms with van der Waals surface area (Å²) >= 11 is 6.36. The third kappa shape index (κ3) is 6.40. The molecule has 42 heavy (non-hydrogen) atoms. The highest BCUT2D eigenvalue weighted by Crippen LogP contribution is 2.37. The highest BCUT2D eigenvalue weighted by atomic mass is 35.5. The number of piperazine rings is 1. The van der Waals surface area contributed by atoms with Crippen molar-refractivity contribution in [1.29, 1.82) is 0 Å². The summed E-state index contributed by atoms with van der Waals surface area (Å²) in [5.41, 5.74) is 8.64. The SMILES string of the molecule is CC1CN(C(=O)OC(C)(C)C)CCN1c1nc2cc(/C(N)=N\O)nc(-c3cncc(Cl)c3)c2n1C[C@H]1CC[C@H](C)CC1. The van der Waals surface area contributed by atoms with Gasteiger partial charge in [-0.05, 0) is 64.5 Å². The van der Waals surface area contributed by atoms with Crippen LogP contribution in [0.5, 0.6) is 0 Å². The molecule has 0 aromatic carbocycles. The number of pyridine rings is 2. The van der Waals surface area contributed by atoms with Gasteiger partial charge >= 0.3 is 6.09 Å². The van der Waals surface area contributed by atoms with Gasteiger partial charge in [0.1, 0.15) is 11.3 Å². The summed E-state index contributed by atoms with van der Waals surface area (Å²) in [6.07, 6.45) is 7.68. The largest absolute Gasteiger partial charge is 0.444 e. The molecule has 1 amide bonds. The van der Waals surface area contributed by atoms with Crippen LogP contribution in [0.2, 0.25) is 5.02 Å². The molecule has 3 aromatic heterocycles. The number of halogens is 1. The number of imidazole rings is 1. The summed E-state index contributed by atoms with van der Waals surface area (Å²) < 4.78 is 7.92. The van der Waals surface area contributed by atoms with E-state index in [0.717, 1.165) is 36.8 Å². The number of aromatic nitrogens is 4. The third-order valence-corrected chi connectivity index (χ3v) is 8.37. The minimum Gasteiger partial charge on any atom is -0.444 e. The molecule has 2 fully saturated rings. The third-order valence-electron chi connectivity index (χ3n) is 8.17. The van der Waals surface area contributed by atoms with Gasteiger partial charge in [0.2, 0.25) is 5.95 Å². The molecule has 226 valence electrons. The van der Waals surface area contributed by atoms with E-state index in [9.17, 15) is 10.0 Å². The minimum absolute atomic E-state index is 0.0130. The number of anilines is 1. The molecule has 0 bridgehead atoms. The van der Waals surface area contributed by atoms with Crippen molar-refractivity contribution in [3.8, 4) is 11.3 Å². The number of nitrogens with zero attached hydrogens (tertiary/aromatic N) is 7. The average Bonchev–Trinajstić information content (AvgIpc) is 3.30. The lowest BCUT2D eigenvalue weighted by atomic mass is 9.83. The summed E-state index contributed by atoms with van der Waals surface area (Å²) in [7, 11) is 0. The second-order valence-electron chi connectivity index (χ2n) is 12.7. The molecular weight excluding hydrogens is 556 g/mol. The van der Waals surface area contributed by atoms with Gasteiger partial charge < -0.3 is 30.0 Å². The number of amides is 1. The fourth-order valence-corrected chi connectivity index (χ4v) is 6.15. The minimum atomic E-state index is -0.557. The van der Waals surface area contributed by atoms with Gasteiger partial charge in [0, 0.05) is 50.2 Å². The molecule has 4 heterocycles. The Hall–Kier alpha value is -3.60. The quantitative estimate of drug-likeness (QED) is 0.170. The van der Waals surface area contributed by atoms with Gasteiger partial charge in [-0.25, -0.2) is 14.8 Å². The number of hydrogen-bond acceptors (Lipinski definition) is 8. The number of hydrogen-bond donors (Lipinski definition) is 2. The van der Waals surface area contributed by atoms with Crippen molar-refractivity contribution in [2.75, 3.05) is 24.5 Å². The van der Waals surface area contributed by atoms with Crippen molar-refractivity contribution in [3.05, 3.63) is 35.2 Å². The van der Waals surface area contributed by atoms with Crippen LogP contribution < -0.4 is 10.6 Å². The number of rotatable bonds is 5. The molecule has 3 aromatic rings. The molecule has 1 saturated carbocycles. The summed E-state index contributed by atoms with van der Waals surface area (Å²) in [4.78, 5) is 31.2. The number of ether oxygens (including phenoxy) is 1. The van der Waals surface area contributed by atoms with Crippen LogP contribution in [0, 0.1) is 11.8 Å². The standard InChI is InChI=1S/C30H41ClN8O3/c1-18-6-8-20(9-7-18)17-39-26-23(13-24(27(32)36-41)34-25(26)21-12-22(31)15-33-14-21)35-28(39)38-11-10-37(16-19(38)2)29(40)42-30(3,4)5/h12-15,18-20,41H,6-11,16-17H2,1-5H3,(H2,32,36)/t18-,19?,20-. The van der Waals surface area contributed by atoms with Gasteiger partial charge in [-0.1, -0.05) is 36.5 Å². The number of oxime groups is 1. The van der Waals surface area contributed by atoms with E-state index in [1.807, 2.05) is 26.8 Å². The van der Waals surface area contributed by atoms with Gasteiger partial charge in [-0.15, -0.1) is 0 Å². The highest BCUT2D eigenvalue weighted by molar-refractivity contribution is 6.30. The van der Waals surface area contributed by atoms with Crippen molar-refractivity contribution in [2.24, 2.45) is 22.7 Å². The topological polar surface area (TPSA) is 135 Å². The molecule has 11 nitrogen and oxygen atoms in total. The molecular formula is C30H41ClN8O3. The Balaban J connectivity index is 1.61. The second kappa shape index (κ2) is 11.9. The molecule has 3 N–H and O–H groups in total. The van der Waals surface area contributed by atoms with Crippen molar-refractivity contribution in [1.82, 2.24) is 24.4 Å². The van der Waals surface area contributed by atoms with Gasteiger partial charge in [-0.3, -0.25) is 4.98 Å². The van der Waals surface area contributed by atoms with Crippen LogP contribution in [0.3, 0.4) is 0 Å². The van der Waals surface area contributed by atoms with Gasteiger partial charge in [0.25, 0.3) is 0 Å². The van der Waals surface area contributed by atoms with E-state index in [-0.39, 0.29) is 18.0 Å². The van der Waals surface area contributed by atoms with Crippen LogP contribution in [0.4, 0.5) is 10.7 Å². The number of carbonyl (C=O) groups is 1. The van der Waals surface area contributed by atoms with Crippen LogP contribution in [-0.4, -0.2) is 72.8 Å². The predicted octanol–water partition coefficient (Wildman–Crippen LogP) is 5.51. The normalized spacial score (nSPS) is 22.0. The molecule has 1 aliphatic carbocycles. The van der Waals surface area contributed by atoms with E-state index in [1.54, 1.807) is 23.4 Å². The van der Waals surface area contributed by atoms with E-state index >= 15 is 0 Å². The molecule has 5 rings (SSSR count). The number of fused-ring (bicyclic) bond motifs is 1. The molecule has 0 spiro atoms. The summed E-state index contributed by atoms with van der Waals surface area (Å²) in [5, 5.41) is 13.1. The Morgan fingerprint density at radius 3 is 2.52 bits per heavy atom. The molecule has 1 saturated heterocycles. The molecule has 12 heteroatoms. The maximum atomic E-state index is 12.9. The number of carbonyl (C=O) groups excluding carboxylic acids is 1. The maximum Gasteiger partial charge on any atom is 0.410 e. The first-order chi connectivity index (χ1) is 19.9. The van der Waals surface area contributed by atoms with Crippen LogP contribution in [0.25, 0.3) is 22.3 Å². The van der Waals surface area contributed by atoms with Crippen LogP contribution >= 0.6 is 11.6 Å². The predicted molar refractivity (Wildman–Crippen MR) is 164 cm³/mol. The zero-order chi connectivity index (χ0) is 30.2. The van der Waals surface area contributed by atoms with Gasteiger partial charge in [0.15, 0.2) is 5.84 Å². The fraction of sp³-hybridized carbons (Fsp3) is 0.567. The number of amidine groups is 1. The number of nitrogens with two attached hydrogens (primary N) is 1. The molecule has 1 atom stereocenters. The van der Waals surface area contributed by atoms with Crippen molar-refractivity contribution >= 4 is 40.5 Å². The first-order valence-corrected chi connectivity index (χ1v) is 15.1. The molecule has 1 unspecified atom stereocenters. The molecule has 0 radical (unpaired) electrons. The van der Waals surface area contributed by atoms with E-state index in [2.05, 4.69) is 33.5 Å². The van der Waals surface area contributed by atoms with Crippen molar-refractivity contribution in [3.63, 3.8) is 0 Å². The smallest absolute Gasteiger partial charge is 0.410 e. The Bertz CT molecular complexity index is 1480. The summed E-state index contributed by atoms with van der Waals surface area (Å²) in [6, 6.07) is 3.56. The lowest BCUT2D eigenvalue weighted by Crippen LogP contribution is -2.55. The summed E-state index contributed by atoms with van der Waals surface area (Å²) in [6.45, 7) is 12.5. The second-order valence-corrected chi connectivity index (χ2v) is 13.2. The van der Waals surface area contributed by atoms with E-state index in [0.29, 0.717) is 53.0 Å². The lowest BCUT2D eigenvalue weighted by molar-refractivity contribution is 0.0217. The van der Waals surface area contributed by atoms with Gasteiger partial charge in [-0.2, -0.15) is 0 Å². The van der Waals surface area contributed by atoms with Gasteiger partial charge in [0.05, 0.1) is 21.7 Å². The zero-order valence-corrected chi connectivity index (χ0v) is 25.8. The monoisotopic (exact) mass is 596 g/mol. The van der Waals surface area contributed by atoms with Crippen molar-refractivity contribution in [2.45, 2.75) is 78.5 Å². The highest BCUT2D eigenvalue weighted by Gasteiger charge is 2.34. The molecule has 1 aliphatic heterocycles. The van der Waals surface area contributed by atoms with Crippen molar-refractivity contribution < 1.29 is 14.7 Å². The van der Waals surface area contributed by atoms with Crippen LogP contribution in [-0.2, 0) is 11.3 Å². The first-order valence-electron chi connectivity index (χ1n) is 14.7. The van der Waals surface area contributed by atoms with E-state index in [4.69, 9.17) is 32.0 Å². The lowest BCUT2D eigenvalue weighted by Gasteiger charge is -2.41. The summed E-state index contributed by atoms with van der Waals surface area (Å²) in [5.74, 6) is 1.93. The Morgan fingerprint density at radius 2 is 1.88 bits per heavy atom. The Labute approximate surface area is 251 Å².